The highest BCUT2D eigenvalue weighted by Gasteiger charge is 1.99. The molecule has 0 heterocycles. The van der Waals surface area contributed by atoms with E-state index in [0.29, 0.717) is 12.3 Å². The van der Waals surface area contributed by atoms with E-state index >= 15 is 0 Å². The molecule has 3 N–H and O–H groups in total. The fraction of sp³-hybridized carbons (Fsp3) is 0.0769. The van der Waals surface area contributed by atoms with Gasteiger partial charge in [0.05, 0.1) is 0 Å². The van der Waals surface area contributed by atoms with Crippen molar-refractivity contribution >= 4 is 16.8 Å². The molecule has 2 aromatic rings. The van der Waals surface area contributed by atoms with Crippen molar-refractivity contribution in [2.45, 2.75) is 0 Å². The van der Waals surface area contributed by atoms with Crippen molar-refractivity contribution in [1.82, 2.24) is 0 Å². The quantitative estimate of drug-likeness (QED) is 0.780. The normalized spacial score (nSPS) is 11.3. The Bertz CT molecular complexity index is 503. The SMILES string of the molecule is NC/C=C/c1cc2ccccc2cc1O. The summed E-state index contributed by atoms with van der Waals surface area (Å²) in [6, 6.07) is 11.7. The Morgan fingerprint density at radius 2 is 1.80 bits per heavy atom. The Kier molecular flexibility index (Phi) is 2.70. The predicted molar refractivity (Wildman–Crippen MR) is 63.7 cm³/mol. The Morgan fingerprint density at radius 3 is 2.47 bits per heavy atom. The number of fused-ring (bicyclic) bond motifs is 1. The topological polar surface area (TPSA) is 46.2 Å². The third-order valence-corrected chi connectivity index (χ3v) is 2.33. The molecule has 0 saturated heterocycles. The summed E-state index contributed by atoms with van der Waals surface area (Å²) in [4.78, 5) is 0. The molecule has 0 spiro atoms. The van der Waals surface area contributed by atoms with Crippen molar-refractivity contribution in [3.05, 3.63) is 48.0 Å². The third kappa shape index (κ3) is 2.00. The first-order valence-electron chi connectivity index (χ1n) is 4.89. The van der Waals surface area contributed by atoms with Crippen LogP contribution in [0.4, 0.5) is 0 Å². The van der Waals surface area contributed by atoms with Gasteiger partial charge in [-0.1, -0.05) is 36.4 Å². The molecule has 0 aliphatic rings. The van der Waals surface area contributed by atoms with Gasteiger partial charge >= 0.3 is 0 Å². The van der Waals surface area contributed by atoms with Gasteiger partial charge in [-0.2, -0.15) is 0 Å². The molecule has 0 radical (unpaired) electrons. The molecule has 76 valence electrons. The van der Waals surface area contributed by atoms with Crippen molar-refractivity contribution in [2.24, 2.45) is 5.73 Å². The number of rotatable bonds is 2. The molecule has 0 unspecified atom stereocenters. The number of benzene rings is 2. The molecule has 2 heteroatoms. The van der Waals surface area contributed by atoms with Crippen LogP contribution in [0.15, 0.2) is 42.5 Å². The van der Waals surface area contributed by atoms with Crippen LogP contribution in [0.2, 0.25) is 0 Å². The van der Waals surface area contributed by atoms with Gasteiger partial charge in [0.15, 0.2) is 0 Å². The molecule has 0 amide bonds. The second-order valence-corrected chi connectivity index (χ2v) is 3.40. The van der Waals surface area contributed by atoms with Gasteiger partial charge in [0.25, 0.3) is 0 Å². The summed E-state index contributed by atoms with van der Waals surface area (Å²) in [5.41, 5.74) is 6.18. The average Bonchev–Trinajstić information content (AvgIpc) is 2.26. The first kappa shape index (κ1) is 9.74. The van der Waals surface area contributed by atoms with E-state index in [4.69, 9.17) is 5.73 Å². The summed E-state index contributed by atoms with van der Waals surface area (Å²) in [6.07, 6.45) is 3.66. The Morgan fingerprint density at radius 1 is 1.13 bits per heavy atom. The van der Waals surface area contributed by atoms with Crippen LogP contribution < -0.4 is 5.73 Å². The minimum Gasteiger partial charge on any atom is -0.507 e. The van der Waals surface area contributed by atoms with Crippen LogP contribution >= 0.6 is 0 Å². The highest BCUT2D eigenvalue weighted by molar-refractivity contribution is 5.87. The van der Waals surface area contributed by atoms with Gasteiger partial charge in [0.1, 0.15) is 5.75 Å². The van der Waals surface area contributed by atoms with Crippen LogP contribution in [0.1, 0.15) is 5.56 Å². The summed E-state index contributed by atoms with van der Waals surface area (Å²) < 4.78 is 0. The summed E-state index contributed by atoms with van der Waals surface area (Å²) in [6.45, 7) is 0.478. The Hall–Kier alpha value is -1.80. The van der Waals surface area contributed by atoms with E-state index in [0.717, 1.165) is 16.3 Å². The van der Waals surface area contributed by atoms with Crippen molar-refractivity contribution < 1.29 is 5.11 Å². The van der Waals surface area contributed by atoms with E-state index < -0.39 is 0 Å². The predicted octanol–water partition coefficient (Wildman–Crippen LogP) is 2.52. The van der Waals surface area contributed by atoms with E-state index in [9.17, 15) is 5.11 Å². The standard InChI is InChI=1S/C13H13NO/c14-7-3-6-12-8-10-4-1-2-5-11(10)9-13(12)15/h1-6,8-9,15H,7,14H2/b6-3+. The average molecular weight is 199 g/mol. The Labute approximate surface area is 88.7 Å². The van der Waals surface area contributed by atoms with Crippen LogP contribution in [0.5, 0.6) is 5.75 Å². The van der Waals surface area contributed by atoms with Gasteiger partial charge in [-0.15, -0.1) is 0 Å². The maximum Gasteiger partial charge on any atom is 0.123 e. The highest BCUT2D eigenvalue weighted by atomic mass is 16.3. The van der Waals surface area contributed by atoms with E-state index in [-0.39, 0.29) is 0 Å². The maximum atomic E-state index is 9.74. The second kappa shape index (κ2) is 4.15. The molecule has 0 bridgehead atoms. The summed E-state index contributed by atoms with van der Waals surface area (Å²) >= 11 is 0. The molecular weight excluding hydrogens is 186 g/mol. The number of nitrogens with two attached hydrogens (primary N) is 1. The van der Waals surface area contributed by atoms with E-state index in [2.05, 4.69) is 0 Å². The first-order chi connectivity index (χ1) is 7.31. The van der Waals surface area contributed by atoms with Crippen LogP contribution in [-0.2, 0) is 0 Å². The van der Waals surface area contributed by atoms with Crippen molar-refractivity contribution in [3.63, 3.8) is 0 Å². The molecule has 0 aromatic heterocycles. The zero-order chi connectivity index (χ0) is 10.7. The first-order valence-corrected chi connectivity index (χ1v) is 4.89. The minimum absolute atomic E-state index is 0.290. The van der Waals surface area contributed by atoms with E-state index in [1.165, 1.54) is 0 Å². The number of hydrogen-bond acceptors (Lipinski definition) is 2. The van der Waals surface area contributed by atoms with Gasteiger partial charge in [-0.05, 0) is 22.9 Å². The molecule has 2 nitrogen and oxygen atoms in total. The molecule has 0 fully saturated rings. The lowest BCUT2D eigenvalue weighted by atomic mass is 10.1. The number of phenolic OH excluding ortho intramolecular Hbond substituents is 1. The monoisotopic (exact) mass is 199 g/mol. The smallest absolute Gasteiger partial charge is 0.123 e. The lowest BCUT2D eigenvalue weighted by Crippen LogP contribution is -1.92. The molecular formula is C13H13NO. The van der Waals surface area contributed by atoms with Gasteiger partial charge in [0, 0.05) is 12.1 Å². The molecule has 0 atom stereocenters. The molecule has 2 rings (SSSR count). The largest absolute Gasteiger partial charge is 0.507 e. The number of aromatic hydroxyl groups is 1. The van der Waals surface area contributed by atoms with Gasteiger partial charge < -0.3 is 10.8 Å². The maximum absolute atomic E-state index is 9.74. The third-order valence-electron chi connectivity index (χ3n) is 2.33. The highest BCUT2D eigenvalue weighted by Crippen LogP contribution is 2.25. The lowest BCUT2D eigenvalue weighted by molar-refractivity contribution is 0.475. The summed E-state index contributed by atoms with van der Waals surface area (Å²) in [7, 11) is 0. The van der Waals surface area contributed by atoms with E-state index in [1.54, 1.807) is 6.07 Å². The van der Waals surface area contributed by atoms with Crippen LogP contribution in [0, 0.1) is 0 Å². The van der Waals surface area contributed by atoms with Crippen LogP contribution in [-0.4, -0.2) is 11.7 Å². The Balaban J connectivity index is 2.57. The fourth-order valence-electron chi connectivity index (χ4n) is 1.57. The summed E-state index contributed by atoms with van der Waals surface area (Å²) in [5.74, 6) is 0.290. The fourth-order valence-corrected chi connectivity index (χ4v) is 1.57. The van der Waals surface area contributed by atoms with Crippen molar-refractivity contribution in [1.29, 1.82) is 0 Å². The van der Waals surface area contributed by atoms with Gasteiger partial charge in [-0.3, -0.25) is 0 Å². The zero-order valence-electron chi connectivity index (χ0n) is 8.35. The van der Waals surface area contributed by atoms with Crippen molar-refractivity contribution in [2.75, 3.05) is 6.54 Å². The van der Waals surface area contributed by atoms with Crippen molar-refractivity contribution in [3.8, 4) is 5.75 Å². The summed E-state index contributed by atoms with van der Waals surface area (Å²) in [5, 5.41) is 11.9. The lowest BCUT2D eigenvalue weighted by Gasteiger charge is -2.02. The molecule has 0 saturated carbocycles. The molecule has 2 aromatic carbocycles. The van der Waals surface area contributed by atoms with Crippen LogP contribution in [0.3, 0.4) is 0 Å². The van der Waals surface area contributed by atoms with Gasteiger partial charge in [0.2, 0.25) is 0 Å². The minimum atomic E-state index is 0.290. The molecule has 0 aliphatic heterocycles. The molecule has 15 heavy (non-hydrogen) atoms. The zero-order valence-corrected chi connectivity index (χ0v) is 8.35. The number of hydrogen-bond donors (Lipinski definition) is 2. The number of phenols is 1. The van der Waals surface area contributed by atoms with Gasteiger partial charge in [-0.25, -0.2) is 0 Å². The second-order valence-electron chi connectivity index (χ2n) is 3.40. The molecule has 0 aliphatic carbocycles. The van der Waals surface area contributed by atoms with E-state index in [1.807, 2.05) is 42.5 Å². The van der Waals surface area contributed by atoms with Crippen LogP contribution in [0.25, 0.3) is 16.8 Å².